The zero-order valence-electron chi connectivity index (χ0n) is 13.7. The predicted molar refractivity (Wildman–Crippen MR) is 91.5 cm³/mol. The van der Waals surface area contributed by atoms with Crippen molar-refractivity contribution in [2.45, 2.75) is 58.3 Å². The fourth-order valence-corrected chi connectivity index (χ4v) is 2.63. The van der Waals surface area contributed by atoms with Crippen molar-refractivity contribution in [3.63, 3.8) is 0 Å². The van der Waals surface area contributed by atoms with Gasteiger partial charge in [0.05, 0.1) is 18.7 Å². The highest BCUT2D eigenvalue weighted by Crippen LogP contribution is 2.36. The van der Waals surface area contributed by atoms with Crippen LogP contribution >= 0.6 is 11.6 Å². The second-order valence-electron chi connectivity index (χ2n) is 5.48. The van der Waals surface area contributed by atoms with Crippen molar-refractivity contribution in [2.75, 3.05) is 13.7 Å². The van der Waals surface area contributed by atoms with E-state index in [0.29, 0.717) is 28.7 Å². The van der Waals surface area contributed by atoms with Crippen LogP contribution in [0, 0.1) is 0 Å². The standard InChI is InChI=1S/C18H27ClO3/c1-3-4-5-6-7-8-9-10-11-22-18-16(19)12-15(14-20)13-17(18)21-2/h12-14H,3-11H2,1-2H3. The highest BCUT2D eigenvalue weighted by atomic mass is 35.5. The molecule has 0 bridgehead atoms. The van der Waals surface area contributed by atoms with Crippen molar-refractivity contribution in [3.05, 3.63) is 22.7 Å². The Hall–Kier alpha value is -1.22. The Balaban J connectivity index is 2.29. The van der Waals surface area contributed by atoms with Crippen LogP contribution in [0.1, 0.15) is 68.6 Å². The van der Waals surface area contributed by atoms with Gasteiger partial charge < -0.3 is 9.47 Å². The molecule has 0 atom stereocenters. The molecule has 0 saturated heterocycles. The Morgan fingerprint density at radius 2 is 1.68 bits per heavy atom. The summed E-state index contributed by atoms with van der Waals surface area (Å²) in [6.45, 7) is 2.85. The van der Waals surface area contributed by atoms with Crippen molar-refractivity contribution >= 4 is 17.9 Å². The molecule has 0 saturated carbocycles. The number of methoxy groups -OCH3 is 1. The Bertz CT molecular complexity index is 446. The molecule has 0 unspecified atom stereocenters. The first-order valence-electron chi connectivity index (χ1n) is 8.18. The summed E-state index contributed by atoms with van der Waals surface area (Å²) in [5, 5.41) is 0.418. The molecule has 1 aromatic rings. The number of halogens is 1. The molecule has 124 valence electrons. The maximum absolute atomic E-state index is 10.8. The van der Waals surface area contributed by atoms with Crippen LogP contribution in [0.3, 0.4) is 0 Å². The zero-order valence-corrected chi connectivity index (χ0v) is 14.5. The SMILES string of the molecule is CCCCCCCCCCOc1c(Cl)cc(C=O)cc1OC. The summed E-state index contributed by atoms with van der Waals surface area (Å²) in [6, 6.07) is 3.24. The molecule has 0 heterocycles. The molecule has 1 aromatic carbocycles. The lowest BCUT2D eigenvalue weighted by atomic mass is 10.1. The second kappa shape index (κ2) is 11.4. The van der Waals surface area contributed by atoms with Crippen molar-refractivity contribution in [1.82, 2.24) is 0 Å². The van der Waals surface area contributed by atoms with E-state index in [1.54, 1.807) is 19.2 Å². The second-order valence-corrected chi connectivity index (χ2v) is 5.88. The molecule has 0 N–H and O–H groups in total. The minimum absolute atomic E-state index is 0.418. The largest absolute Gasteiger partial charge is 0.493 e. The summed E-state index contributed by atoms with van der Waals surface area (Å²) in [6.07, 6.45) is 10.8. The van der Waals surface area contributed by atoms with Crippen molar-refractivity contribution in [1.29, 1.82) is 0 Å². The van der Waals surface area contributed by atoms with Crippen molar-refractivity contribution in [2.24, 2.45) is 0 Å². The van der Waals surface area contributed by atoms with Gasteiger partial charge in [-0.05, 0) is 18.6 Å². The quantitative estimate of drug-likeness (QED) is 0.366. The number of carbonyl (C=O) groups is 1. The van der Waals surface area contributed by atoms with E-state index in [2.05, 4.69) is 6.92 Å². The third kappa shape index (κ3) is 6.69. The number of unbranched alkanes of at least 4 members (excludes halogenated alkanes) is 7. The fraction of sp³-hybridized carbons (Fsp3) is 0.611. The van der Waals surface area contributed by atoms with Crippen LogP contribution in [0.15, 0.2) is 12.1 Å². The highest BCUT2D eigenvalue weighted by molar-refractivity contribution is 6.32. The molecule has 0 fully saturated rings. The number of carbonyl (C=O) groups excluding carboxylic acids is 1. The molecule has 0 aliphatic carbocycles. The molecule has 3 nitrogen and oxygen atoms in total. The number of aldehydes is 1. The summed E-state index contributed by atoms with van der Waals surface area (Å²) in [5.74, 6) is 1.03. The maximum Gasteiger partial charge on any atom is 0.179 e. The van der Waals surface area contributed by atoms with Gasteiger partial charge in [0.1, 0.15) is 6.29 Å². The molecular weight excluding hydrogens is 300 g/mol. The molecule has 1 rings (SSSR count). The van der Waals surface area contributed by atoms with Gasteiger partial charge in [0.25, 0.3) is 0 Å². The zero-order chi connectivity index (χ0) is 16.2. The van der Waals surface area contributed by atoms with Crippen LogP contribution < -0.4 is 9.47 Å². The van der Waals surface area contributed by atoms with Crippen LogP contribution in [0.25, 0.3) is 0 Å². The summed E-state index contributed by atoms with van der Waals surface area (Å²) < 4.78 is 11.0. The normalized spacial score (nSPS) is 10.5. The molecule has 0 aromatic heterocycles. The minimum Gasteiger partial charge on any atom is -0.493 e. The summed E-state index contributed by atoms with van der Waals surface area (Å²) in [7, 11) is 1.55. The smallest absolute Gasteiger partial charge is 0.179 e. The van der Waals surface area contributed by atoms with Gasteiger partial charge in [0, 0.05) is 5.56 Å². The van der Waals surface area contributed by atoms with Gasteiger partial charge in [0.15, 0.2) is 11.5 Å². The summed E-state index contributed by atoms with van der Waals surface area (Å²) in [4.78, 5) is 10.8. The van der Waals surface area contributed by atoms with Gasteiger partial charge in [-0.25, -0.2) is 0 Å². The topological polar surface area (TPSA) is 35.5 Å². The molecule has 0 radical (unpaired) electrons. The first-order chi connectivity index (χ1) is 10.7. The minimum atomic E-state index is 0.418. The lowest BCUT2D eigenvalue weighted by Gasteiger charge is -2.13. The third-order valence-electron chi connectivity index (χ3n) is 3.63. The van der Waals surface area contributed by atoms with Gasteiger partial charge >= 0.3 is 0 Å². The van der Waals surface area contributed by atoms with E-state index >= 15 is 0 Å². The number of hydrogen-bond acceptors (Lipinski definition) is 3. The van der Waals surface area contributed by atoms with Gasteiger partial charge in [-0.15, -0.1) is 0 Å². The van der Waals surface area contributed by atoms with Crippen LogP contribution in [-0.2, 0) is 0 Å². The molecule has 4 heteroatoms. The fourth-order valence-electron chi connectivity index (χ4n) is 2.36. The maximum atomic E-state index is 10.8. The van der Waals surface area contributed by atoms with E-state index in [9.17, 15) is 4.79 Å². The molecule has 0 aliphatic heterocycles. The van der Waals surface area contributed by atoms with Crippen LogP contribution in [0.2, 0.25) is 5.02 Å². The molecule has 0 amide bonds. The van der Waals surface area contributed by atoms with E-state index in [0.717, 1.165) is 12.7 Å². The number of hydrogen-bond donors (Lipinski definition) is 0. The van der Waals surface area contributed by atoms with Crippen LogP contribution in [-0.4, -0.2) is 20.0 Å². The average molecular weight is 327 g/mol. The van der Waals surface area contributed by atoms with E-state index < -0.39 is 0 Å². The number of benzene rings is 1. The molecule has 0 spiro atoms. The van der Waals surface area contributed by atoms with Gasteiger partial charge in [-0.2, -0.15) is 0 Å². The van der Waals surface area contributed by atoms with Gasteiger partial charge in [-0.1, -0.05) is 63.5 Å². The van der Waals surface area contributed by atoms with E-state index in [1.165, 1.54) is 44.9 Å². The highest BCUT2D eigenvalue weighted by Gasteiger charge is 2.11. The molecular formula is C18H27ClO3. The first kappa shape index (κ1) is 18.8. The predicted octanol–water partition coefficient (Wildman–Crippen LogP) is 5.68. The van der Waals surface area contributed by atoms with Crippen LogP contribution in [0.4, 0.5) is 0 Å². The van der Waals surface area contributed by atoms with Crippen molar-refractivity contribution in [3.8, 4) is 11.5 Å². The Morgan fingerprint density at radius 1 is 1.05 bits per heavy atom. The van der Waals surface area contributed by atoms with E-state index in [-0.39, 0.29) is 0 Å². The van der Waals surface area contributed by atoms with Gasteiger partial charge in [0.2, 0.25) is 0 Å². The lowest BCUT2D eigenvalue weighted by molar-refractivity contribution is 0.112. The number of rotatable bonds is 12. The van der Waals surface area contributed by atoms with E-state index in [1.807, 2.05) is 0 Å². The van der Waals surface area contributed by atoms with Crippen LogP contribution in [0.5, 0.6) is 11.5 Å². The summed E-state index contributed by atoms with van der Waals surface area (Å²) in [5.41, 5.74) is 0.487. The third-order valence-corrected chi connectivity index (χ3v) is 3.91. The molecule has 22 heavy (non-hydrogen) atoms. The monoisotopic (exact) mass is 326 g/mol. The first-order valence-corrected chi connectivity index (χ1v) is 8.56. The summed E-state index contributed by atoms with van der Waals surface area (Å²) >= 11 is 6.14. The number of ether oxygens (including phenoxy) is 2. The Kier molecular flexibility index (Phi) is 9.72. The lowest BCUT2D eigenvalue weighted by Crippen LogP contribution is -2.01. The Labute approximate surface area is 139 Å². The van der Waals surface area contributed by atoms with Gasteiger partial charge in [-0.3, -0.25) is 4.79 Å². The Morgan fingerprint density at radius 3 is 2.27 bits per heavy atom. The average Bonchev–Trinajstić information content (AvgIpc) is 2.53. The van der Waals surface area contributed by atoms with Crippen molar-refractivity contribution < 1.29 is 14.3 Å². The van der Waals surface area contributed by atoms with E-state index in [4.69, 9.17) is 21.1 Å². The molecule has 0 aliphatic rings.